The number of anilines is 1. The number of nitrogens with one attached hydrogen (secondary N) is 1. The summed E-state index contributed by atoms with van der Waals surface area (Å²) in [6.45, 7) is 2.53. The van der Waals surface area contributed by atoms with E-state index in [-0.39, 0.29) is 11.8 Å². The molecular formula is C24H23N3O3. The zero-order chi connectivity index (χ0) is 21.1. The van der Waals surface area contributed by atoms with Crippen LogP contribution in [0.5, 0.6) is 5.75 Å². The van der Waals surface area contributed by atoms with Crippen molar-refractivity contribution < 1.29 is 14.3 Å². The van der Waals surface area contributed by atoms with Crippen molar-refractivity contribution in [2.45, 2.75) is 19.9 Å². The average Bonchev–Trinajstić information content (AvgIpc) is 3.25. The average molecular weight is 401 g/mol. The van der Waals surface area contributed by atoms with Gasteiger partial charge in [0, 0.05) is 32.5 Å². The molecule has 6 heteroatoms. The molecule has 6 nitrogen and oxygen atoms in total. The Balaban J connectivity index is 1.58. The molecular weight excluding hydrogens is 378 g/mol. The highest BCUT2D eigenvalue weighted by molar-refractivity contribution is 6.03. The molecule has 2 heterocycles. The molecule has 3 aromatic rings. The Morgan fingerprint density at radius 3 is 2.67 bits per heavy atom. The van der Waals surface area contributed by atoms with E-state index < -0.39 is 0 Å². The van der Waals surface area contributed by atoms with Gasteiger partial charge in [-0.05, 0) is 29.3 Å². The van der Waals surface area contributed by atoms with Crippen LogP contribution in [-0.2, 0) is 17.8 Å². The van der Waals surface area contributed by atoms with E-state index >= 15 is 0 Å². The monoisotopic (exact) mass is 401 g/mol. The summed E-state index contributed by atoms with van der Waals surface area (Å²) in [5.74, 6) is 0.780. The molecule has 1 aromatic heterocycles. The van der Waals surface area contributed by atoms with E-state index in [0.29, 0.717) is 30.2 Å². The van der Waals surface area contributed by atoms with E-state index in [1.54, 1.807) is 19.2 Å². The van der Waals surface area contributed by atoms with Gasteiger partial charge in [0.05, 0.1) is 17.9 Å². The Hall–Kier alpha value is -3.67. The number of fused-ring (bicyclic) bond motifs is 1. The van der Waals surface area contributed by atoms with Gasteiger partial charge in [0.25, 0.3) is 5.91 Å². The van der Waals surface area contributed by atoms with Gasteiger partial charge in [0.2, 0.25) is 5.91 Å². The Labute approximate surface area is 175 Å². The van der Waals surface area contributed by atoms with Crippen LogP contribution in [0.4, 0.5) is 5.82 Å². The Morgan fingerprint density at radius 2 is 1.90 bits per heavy atom. The van der Waals surface area contributed by atoms with Gasteiger partial charge in [-0.3, -0.25) is 14.5 Å². The van der Waals surface area contributed by atoms with Crippen molar-refractivity contribution in [3.63, 3.8) is 0 Å². The molecule has 0 radical (unpaired) electrons. The molecule has 2 aromatic carbocycles. The number of hydrogen-bond acceptors (Lipinski definition) is 4. The predicted octanol–water partition coefficient (Wildman–Crippen LogP) is 3.60. The van der Waals surface area contributed by atoms with Crippen molar-refractivity contribution in [1.82, 2.24) is 10.3 Å². The van der Waals surface area contributed by atoms with Crippen LogP contribution in [0.2, 0.25) is 0 Å². The van der Waals surface area contributed by atoms with Crippen molar-refractivity contribution in [3.8, 4) is 17.0 Å². The third-order valence-corrected chi connectivity index (χ3v) is 5.19. The molecule has 0 fully saturated rings. The van der Waals surface area contributed by atoms with Crippen molar-refractivity contribution in [2.24, 2.45) is 0 Å². The number of carbonyl (C=O) groups excluding carboxylic acids is 2. The first-order chi connectivity index (χ1) is 14.5. The molecule has 2 amide bonds. The van der Waals surface area contributed by atoms with Crippen LogP contribution >= 0.6 is 0 Å². The van der Waals surface area contributed by atoms with Crippen LogP contribution in [-0.4, -0.2) is 30.5 Å². The van der Waals surface area contributed by atoms with Crippen molar-refractivity contribution in [1.29, 1.82) is 0 Å². The highest BCUT2D eigenvalue weighted by Crippen LogP contribution is 2.26. The number of aromatic nitrogens is 1. The molecule has 1 aliphatic rings. The van der Waals surface area contributed by atoms with E-state index in [0.717, 1.165) is 28.9 Å². The second-order valence-corrected chi connectivity index (χ2v) is 7.23. The minimum absolute atomic E-state index is 0.194. The minimum atomic E-state index is -0.276. The van der Waals surface area contributed by atoms with Crippen LogP contribution in [0.3, 0.4) is 0 Å². The quantitative estimate of drug-likeness (QED) is 0.709. The first-order valence-electron chi connectivity index (χ1n) is 9.86. The number of carbonyl (C=O) groups is 2. The summed E-state index contributed by atoms with van der Waals surface area (Å²) in [6.07, 6.45) is 0.884. The fourth-order valence-electron chi connectivity index (χ4n) is 3.43. The maximum absolute atomic E-state index is 12.9. The Kier molecular flexibility index (Phi) is 5.48. The minimum Gasteiger partial charge on any atom is -0.493 e. The van der Waals surface area contributed by atoms with Gasteiger partial charge in [-0.2, -0.15) is 0 Å². The van der Waals surface area contributed by atoms with E-state index in [1.807, 2.05) is 42.5 Å². The largest absolute Gasteiger partial charge is 0.493 e. The number of nitrogens with zero attached hydrogens (tertiary/aromatic N) is 2. The molecule has 0 atom stereocenters. The molecule has 1 N–H and O–H groups in total. The smallest absolute Gasteiger partial charge is 0.255 e. The first-order valence-corrected chi connectivity index (χ1v) is 9.86. The molecule has 1 aliphatic heterocycles. The lowest BCUT2D eigenvalue weighted by atomic mass is 10.1. The Morgan fingerprint density at radius 1 is 1.10 bits per heavy atom. The maximum Gasteiger partial charge on any atom is 0.255 e. The van der Waals surface area contributed by atoms with Gasteiger partial charge < -0.3 is 10.1 Å². The van der Waals surface area contributed by atoms with Gasteiger partial charge in [0.1, 0.15) is 11.6 Å². The second kappa shape index (κ2) is 8.37. The number of rotatable bonds is 5. The van der Waals surface area contributed by atoms with Crippen molar-refractivity contribution in [2.75, 3.05) is 18.6 Å². The molecule has 0 aliphatic carbocycles. The van der Waals surface area contributed by atoms with Crippen LogP contribution in [0.15, 0.2) is 60.7 Å². The highest BCUT2D eigenvalue weighted by atomic mass is 16.5. The van der Waals surface area contributed by atoms with E-state index in [4.69, 9.17) is 4.74 Å². The number of ether oxygens (including phenoxy) is 1. The molecule has 0 bridgehead atoms. The topological polar surface area (TPSA) is 71.5 Å². The van der Waals surface area contributed by atoms with E-state index in [1.165, 1.54) is 11.8 Å². The van der Waals surface area contributed by atoms with Gasteiger partial charge >= 0.3 is 0 Å². The lowest BCUT2D eigenvalue weighted by Crippen LogP contribution is -2.30. The molecule has 4 rings (SSSR count). The maximum atomic E-state index is 12.9. The highest BCUT2D eigenvalue weighted by Gasteiger charge is 2.20. The summed E-state index contributed by atoms with van der Waals surface area (Å²) < 4.78 is 5.53. The summed E-state index contributed by atoms with van der Waals surface area (Å²) in [4.78, 5) is 30.9. The molecule has 152 valence electrons. The second-order valence-electron chi connectivity index (χ2n) is 7.23. The molecule has 30 heavy (non-hydrogen) atoms. The normalized spacial score (nSPS) is 12.1. The van der Waals surface area contributed by atoms with Crippen LogP contribution in [0.1, 0.15) is 28.4 Å². The summed E-state index contributed by atoms with van der Waals surface area (Å²) in [5.41, 5.74) is 4.14. The summed E-state index contributed by atoms with van der Waals surface area (Å²) in [6, 6.07) is 19.1. The first kappa shape index (κ1) is 19.6. The van der Waals surface area contributed by atoms with Gasteiger partial charge in [0.15, 0.2) is 0 Å². The number of amides is 2. The number of benzene rings is 2. The number of hydrogen-bond donors (Lipinski definition) is 1. The molecule has 0 spiro atoms. The lowest BCUT2D eigenvalue weighted by Gasteiger charge is -2.19. The van der Waals surface area contributed by atoms with Gasteiger partial charge in [-0.1, -0.05) is 42.5 Å². The standard InChI is InChI=1S/C24H23N3O3/c1-16(28)27(2)23-20(9-10-21(26-23)18-6-4-3-5-7-18)24(29)25-15-17-8-11-22-19(14-17)12-13-30-22/h3-11,14H,12-13,15H2,1-2H3,(H,25,29). The lowest BCUT2D eigenvalue weighted by molar-refractivity contribution is -0.116. The third-order valence-electron chi connectivity index (χ3n) is 5.19. The summed E-state index contributed by atoms with van der Waals surface area (Å²) in [5, 5.41) is 2.94. The summed E-state index contributed by atoms with van der Waals surface area (Å²) >= 11 is 0. The van der Waals surface area contributed by atoms with Gasteiger partial charge in [-0.15, -0.1) is 0 Å². The predicted molar refractivity (Wildman–Crippen MR) is 116 cm³/mol. The van der Waals surface area contributed by atoms with Crippen molar-refractivity contribution in [3.05, 3.63) is 77.4 Å². The molecule has 0 unspecified atom stereocenters. The molecule has 0 saturated heterocycles. The zero-order valence-electron chi connectivity index (χ0n) is 17.0. The summed E-state index contributed by atoms with van der Waals surface area (Å²) in [7, 11) is 1.62. The van der Waals surface area contributed by atoms with Crippen LogP contribution < -0.4 is 15.0 Å². The van der Waals surface area contributed by atoms with E-state index in [2.05, 4.69) is 16.4 Å². The number of pyridine rings is 1. The SMILES string of the molecule is CC(=O)N(C)c1nc(-c2ccccc2)ccc1C(=O)NCc1ccc2c(c1)CCO2. The van der Waals surface area contributed by atoms with Crippen LogP contribution in [0, 0.1) is 0 Å². The zero-order valence-corrected chi connectivity index (χ0v) is 17.0. The third kappa shape index (κ3) is 4.03. The molecule has 0 saturated carbocycles. The van der Waals surface area contributed by atoms with Gasteiger partial charge in [-0.25, -0.2) is 4.98 Å². The fourth-order valence-corrected chi connectivity index (χ4v) is 3.43. The fraction of sp³-hybridized carbons (Fsp3) is 0.208. The Bertz CT molecular complexity index is 1100. The van der Waals surface area contributed by atoms with Crippen LogP contribution in [0.25, 0.3) is 11.3 Å². The van der Waals surface area contributed by atoms with Crippen molar-refractivity contribution >= 4 is 17.6 Å². The van der Waals surface area contributed by atoms with E-state index in [9.17, 15) is 9.59 Å².